The van der Waals surface area contributed by atoms with E-state index in [1.807, 2.05) is 21.1 Å². The number of allylic oxidation sites excluding steroid dienone is 20. The van der Waals surface area contributed by atoms with Gasteiger partial charge in [0, 0.05) is 12.8 Å². The largest absolute Gasteiger partial charge is 0.472 e. The molecule has 0 rings (SSSR count). The lowest BCUT2D eigenvalue weighted by Gasteiger charge is -2.24. The number of hydrogen-bond donors (Lipinski definition) is 1. The van der Waals surface area contributed by atoms with Gasteiger partial charge in [-0.2, -0.15) is 0 Å². The number of quaternary nitrogens is 1. The normalized spacial score (nSPS) is 13.6. The predicted octanol–water partition coefficient (Wildman–Crippen LogP) is 29.3. The van der Waals surface area contributed by atoms with E-state index in [2.05, 4.69) is 135 Å². The smallest absolute Gasteiger partial charge is 0.462 e. The van der Waals surface area contributed by atoms with Crippen LogP contribution >= 0.6 is 7.82 Å². The second kappa shape index (κ2) is 81.5. The molecule has 590 valence electrons. The average Bonchev–Trinajstić information content (AvgIpc) is 0.916. The highest BCUT2D eigenvalue weighted by Crippen LogP contribution is 2.43. The topological polar surface area (TPSA) is 108 Å². The third-order valence-electron chi connectivity index (χ3n) is 19.0. The number of phosphoric ester groups is 1. The molecule has 0 saturated heterocycles. The summed E-state index contributed by atoms with van der Waals surface area (Å²) in [5, 5.41) is 0. The zero-order chi connectivity index (χ0) is 74.0. The number of unbranched alkanes of at least 4 members (excludes halogenated alkanes) is 46. The minimum Gasteiger partial charge on any atom is -0.462 e. The summed E-state index contributed by atoms with van der Waals surface area (Å²) in [6.45, 7) is 4.37. The van der Waals surface area contributed by atoms with Gasteiger partial charge >= 0.3 is 19.8 Å². The number of hydrogen-bond acceptors (Lipinski definition) is 7. The van der Waals surface area contributed by atoms with Crippen LogP contribution in [0.15, 0.2) is 122 Å². The van der Waals surface area contributed by atoms with E-state index in [-0.39, 0.29) is 32.0 Å². The molecule has 0 bridgehead atoms. The van der Waals surface area contributed by atoms with Gasteiger partial charge in [-0.1, -0.05) is 418 Å². The molecular weight excluding hydrogens is 1280 g/mol. The Morgan fingerprint density at radius 3 is 0.833 bits per heavy atom. The van der Waals surface area contributed by atoms with Crippen LogP contribution in [-0.4, -0.2) is 74.9 Å². The number of likely N-dealkylation sites (N-methyl/N-ethyl adjacent to an activating group) is 1. The highest BCUT2D eigenvalue weighted by molar-refractivity contribution is 7.47. The van der Waals surface area contributed by atoms with E-state index in [9.17, 15) is 19.0 Å². The van der Waals surface area contributed by atoms with E-state index in [1.165, 1.54) is 257 Å². The molecule has 0 spiro atoms. The Bertz CT molecular complexity index is 2140. The molecule has 0 aromatic carbocycles. The van der Waals surface area contributed by atoms with Gasteiger partial charge in [0.1, 0.15) is 19.8 Å². The summed E-state index contributed by atoms with van der Waals surface area (Å²) in [7, 11) is 1.48. The summed E-state index contributed by atoms with van der Waals surface area (Å²) in [5.74, 6) is -0.791. The van der Waals surface area contributed by atoms with Crippen molar-refractivity contribution < 1.29 is 42.1 Å². The zero-order valence-corrected chi connectivity index (χ0v) is 68.5. The van der Waals surface area contributed by atoms with Gasteiger partial charge in [0.15, 0.2) is 6.10 Å². The van der Waals surface area contributed by atoms with Gasteiger partial charge < -0.3 is 18.9 Å². The molecule has 0 aliphatic rings. The van der Waals surface area contributed by atoms with Crippen molar-refractivity contribution in [3.05, 3.63) is 122 Å². The van der Waals surface area contributed by atoms with Crippen LogP contribution in [0.25, 0.3) is 0 Å². The van der Waals surface area contributed by atoms with Crippen LogP contribution in [0.2, 0.25) is 0 Å². The lowest BCUT2D eigenvalue weighted by atomic mass is 10.0. The Morgan fingerprint density at radius 1 is 0.314 bits per heavy atom. The third-order valence-corrected chi connectivity index (χ3v) is 20.0. The second-order valence-electron chi connectivity index (χ2n) is 30.2. The van der Waals surface area contributed by atoms with Crippen LogP contribution in [0.5, 0.6) is 0 Å². The van der Waals surface area contributed by atoms with Crippen molar-refractivity contribution in [2.45, 2.75) is 405 Å². The fourth-order valence-corrected chi connectivity index (χ4v) is 13.2. The number of carbonyl (C=O) groups is 2. The van der Waals surface area contributed by atoms with Gasteiger partial charge in [-0.25, -0.2) is 4.57 Å². The van der Waals surface area contributed by atoms with E-state index < -0.39 is 26.5 Å². The molecule has 2 atom stereocenters. The lowest BCUT2D eigenvalue weighted by molar-refractivity contribution is -0.870. The van der Waals surface area contributed by atoms with Gasteiger partial charge in [0.25, 0.3) is 0 Å². The molecule has 0 heterocycles. The fraction of sp³-hybridized carbons (Fsp3) is 0.761. The van der Waals surface area contributed by atoms with Crippen LogP contribution in [0, 0.1) is 0 Å². The molecular formula is C92H165NO8P+. The molecule has 0 fully saturated rings. The highest BCUT2D eigenvalue weighted by atomic mass is 31.2. The van der Waals surface area contributed by atoms with E-state index in [4.69, 9.17) is 18.5 Å². The molecule has 0 saturated carbocycles. The zero-order valence-electron chi connectivity index (χ0n) is 67.6. The second-order valence-corrected chi connectivity index (χ2v) is 31.7. The van der Waals surface area contributed by atoms with Crippen molar-refractivity contribution >= 4 is 19.8 Å². The summed E-state index contributed by atoms with van der Waals surface area (Å²) in [5.41, 5.74) is 0. The number of nitrogens with zero attached hydrogens (tertiary/aromatic N) is 1. The quantitative estimate of drug-likeness (QED) is 0.0211. The molecule has 0 amide bonds. The molecule has 102 heavy (non-hydrogen) atoms. The van der Waals surface area contributed by atoms with Crippen molar-refractivity contribution in [1.82, 2.24) is 0 Å². The standard InChI is InChI=1S/C92H164NO8P/c1-6-8-10-12-14-16-18-20-22-24-26-28-30-32-34-36-38-40-42-44-45-46-47-49-51-53-55-57-59-61-63-65-67-69-71-73-75-77-79-81-83-85-92(95)101-90(89-100-102(96,97)99-87-86-93(3,4)5)88-98-91(94)84-82-80-78-76-74-72-70-68-66-64-62-60-58-56-54-52-50-48-43-41-39-37-35-33-31-29-27-25-23-21-19-17-15-13-11-9-7-2/h8,10,14,16,20,22,26,28,32,34,38,40,44-45,47,49,53,55,59,61,90H,6-7,9,11-13,15,17-19,21,23-25,27,29-31,33,35-37,39,41-43,46,48,50-52,54,56-58,60,62-89H2,1-5H3/p+1/b10-8-,16-14-,22-20-,28-26-,34-32-,40-38-,45-44-,49-47-,55-53-,61-59-. The molecule has 0 aromatic rings. The average molecular weight is 1440 g/mol. The maximum atomic E-state index is 12.9. The van der Waals surface area contributed by atoms with Crippen molar-refractivity contribution in [2.75, 3.05) is 47.5 Å². The SMILES string of the molecule is CC/C=C\C/C=C\C/C=C\C/C=C\C/C=C\C/C=C\C/C=C\C/C=C\C/C=C\C/C=C\CCCCCCCCCCCCC(=O)OC(COC(=O)CCCCCCCCCCCCCCCCCCCCCCCCCCCCCCCCCCCCCCC)COP(=O)(O)OCC[N+](C)(C)C. The first kappa shape index (κ1) is 98.4. The van der Waals surface area contributed by atoms with E-state index >= 15 is 0 Å². The maximum Gasteiger partial charge on any atom is 0.472 e. The van der Waals surface area contributed by atoms with Crippen LogP contribution in [0.3, 0.4) is 0 Å². The first-order chi connectivity index (χ1) is 50.0. The first-order valence-corrected chi connectivity index (χ1v) is 44.8. The summed E-state index contributed by atoms with van der Waals surface area (Å²) >= 11 is 0. The minimum atomic E-state index is -4.40. The molecule has 10 heteroatoms. The number of esters is 2. The number of carbonyl (C=O) groups excluding carboxylic acids is 2. The molecule has 0 radical (unpaired) electrons. The Balaban J connectivity index is 3.96. The molecule has 2 unspecified atom stereocenters. The summed E-state index contributed by atoms with van der Waals surface area (Å²) in [6, 6.07) is 0. The molecule has 0 aliphatic carbocycles. The van der Waals surface area contributed by atoms with Gasteiger partial charge in [0.05, 0.1) is 27.7 Å². The van der Waals surface area contributed by atoms with Crippen LogP contribution in [-0.2, 0) is 32.7 Å². The van der Waals surface area contributed by atoms with Crippen LogP contribution < -0.4 is 0 Å². The third kappa shape index (κ3) is 85.3. The van der Waals surface area contributed by atoms with Crippen molar-refractivity contribution in [2.24, 2.45) is 0 Å². The Kier molecular flexibility index (Phi) is 78.6. The van der Waals surface area contributed by atoms with Crippen LogP contribution in [0.4, 0.5) is 0 Å². The van der Waals surface area contributed by atoms with Gasteiger partial charge in [-0.05, 0) is 89.9 Å². The maximum absolute atomic E-state index is 12.9. The highest BCUT2D eigenvalue weighted by Gasteiger charge is 2.27. The van der Waals surface area contributed by atoms with Crippen molar-refractivity contribution in [3.63, 3.8) is 0 Å². The van der Waals surface area contributed by atoms with E-state index in [0.29, 0.717) is 17.4 Å². The van der Waals surface area contributed by atoms with Gasteiger partial charge in [-0.3, -0.25) is 18.6 Å². The van der Waals surface area contributed by atoms with Gasteiger partial charge in [0.2, 0.25) is 0 Å². The Labute approximate surface area is 632 Å². The first-order valence-electron chi connectivity index (χ1n) is 43.3. The number of phosphoric acid groups is 1. The minimum absolute atomic E-state index is 0.0280. The summed E-state index contributed by atoms with van der Waals surface area (Å²) in [6.07, 6.45) is 118. The van der Waals surface area contributed by atoms with Crippen LogP contribution in [0.1, 0.15) is 399 Å². The summed E-state index contributed by atoms with van der Waals surface area (Å²) < 4.78 is 34.9. The Hall–Kier alpha value is -3.59. The van der Waals surface area contributed by atoms with Crippen molar-refractivity contribution in [1.29, 1.82) is 0 Å². The molecule has 0 aromatic heterocycles. The fourth-order valence-electron chi connectivity index (χ4n) is 12.5. The monoisotopic (exact) mass is 1440 g/mol. The predicted molar refractivity (Wildman–Crippen MR) is 445 cm³/mol. The number of rotatable bonds is 80. The molecule has 1 N–H and O–H groups in total. The molecule has 0 aliphatic heterocycles. The lowest BCUT2D eigenvalue weighted by Crippen LogP contribution is -2.37. The number of ether oxygens (including phenoxy) is 2. The summed E-state index contributed by atoms with van der Waals surface area (Å²) in [4.78, 5) is 36.0. The Morgan fingerprint density at radius 2 is 0.559 bits per heavy atom. The van der Waals surface area contributed by atoms with E-state index in [0.717, 1.165) is 109 Å². The molecule has 9 nitrogen and oxygen atoms in total. The van der Waals surface area contributed by atoms with Crippen molar-refractivity contribution in [3.8, 4) is 0 Å². The van der Waals surface area contributed by atoms with E-state index in [1.54, 1.807) is 0 Å². The van der Waals surface area contributed by atoms with Gasteiger partial charge in [-0.15, -0.1) is 0 Å².